The highest BCUT2D eigenvalue weighted by molar-refractivity contribution is 7.99. The molecule has 0 fully saturated rings. The Bertz CT molecular complexity index is 2260. The number of amides is 12. The first kappa shape index (κ1) is 83.4. The van der Waals surface area contributed by atoms with E-state index in [4.69, 9.17) is 5.73 Å². The SMILES string of the molecule is CC[C@H](NC(=O)C([C@H](O)[C@H](C)CCCCCCN)N(C)C(=O)[C@H](C(C)C)N(C)C(=O)N(C)C(=O)[C@H](CC(C)C)N(C)C=O)C(=O)N(C)[C@H](CSCCCCO)C(=O)N(C)[C@@H](CC(C)C)C(=O)N[C@H](C(=O)N(C)[C@@H](CC(C)C)C(=O)N[C@H](C)C(=O)NC)C(C)C. The normalized spacial score (nSPS) is 15.3. The van der Waals surface area contributed by atoms with Crippen molar-refractivity contribution in [3.05, 3.63) is 0 Å². The summed E-state index contributed by atoms with van der Waals surface area (Å²) in [5, 5.41) is 32.7. The van der Waals surface area contributed by atoms with Crippen LogP contribution in [0.2, 0.25) is 0 Å². The summed E-state index contributed by atoms with van der Waals surface area (Å²) in [5.41, 5.74) is 5.73. The zero-order chi connectivity index (χ0) is 68.9. The van der Waals surface area contributed by atoms with E-state index in [1.807, 2.05) is 41.5 Å². The van der Waals surface area contributed by atoms with E-state index < -0.39 is 137 Å². The van der Waals surface area contributed by atoms with Gasteiger partial charge in [-0.2, -0.15) is 11.8 Å². The number of imide groups is 1. The monoisotopic (exact) mass is 1280 g/mol. The molecule has 0 bridgehead atoms. The van der Waals surface area contributed by atoms with Crippen LogP contribution in [0.5, 0.6) is 0 Å². The number of nitrogens with zero attached hydrogens (tertiary/aromatic N) is 7. The van der Waals surface area contributed by atoms with Crippen LogP contribution in [0, 0.1) is 35.5 Å². The van der Waals surface area contributed by atoms with Crippen molar-refractivity contribution >= 4 is 77.4 Å². The zero-order valence-electron chi connectivity index (χ0n) is 57.9. The number of nitrogens with one attached hydrogen (secondary N) is 4. The summed E-state index contributed by atoms with van der Waals surface area (Å²) in [6, 6.07) is -11.6. The lowest BCUT2D eigenvalue weighted by Gasteiger charge is -2.40. The fourth-order valence-corrected chi connectivity index (χ4v) is 11.8. The number of thioether (sulfide) groups is 1. The first-order valence-corrected chi connectivity index (χ1v) is 33.1. The number of hydrogen-bond acceptors (Lipinski definition) is 15. The van der Waals surface area contributed by atoms with Crippen LogP contribution in [-0.2, 0) is 47.9 Å². The Morgan fingerprint density at radius 1 is 0.528 bits per heavy atom. The van der Waals surface area contributed by atoms with Crippen molar-refractivity contribution < 1.29 is 63.0 Å². The van der Waals surface area contributed by atoms with Crippen molar-refractivity contribution in [2.45, 2.75) is 221 Å². The van der Waals surface area contributed by atoms with Crippen molar-refractivity contribution in [1.29, 1.82) is 0 Å². The fourth-order valence-electron chi connectivity index (χ4n) is 10.6. The van der Waals surface area contributed by atoms with Crippen molar-refractivity contribution in [1.82, 2.24) is 55.6 Å². The molecule has 0 saturated heterocycles. The molecule has 514 valence electrons. The van der Waals surface area contributed by atoms with E-state index >= 15 is 14.4 Å². The van der Waals surface area contributed by atoms with Gasteiger partial charge in [-0.15, -0.1) is 0 Å². The highest BCUT2D eigenvalue weighted by Gasteiger charge is 2.45. The molecule has 25 nitrogen and oxygen atoms in total. The fraction of sp³-hybridized carbons (Fsp3) is 0.825. The maximum atomic E-state index is 15.2. The summed E-state index contributed by atoms with van der Waals surface area (Å²) in [6.45, 7) is 23.5. The largest absolute Gasteiger partial charge is 0.396 e. The Hall–Kier alpha value is -5.60. The highest BCUT2D eigenvalue weighted by atomic mass is 32.2. The Labute approximate surface area is 537 Å². The molecule has 0 aromatic carbocycles. The smallest absolute Gasteiger partial charge is 0.326 e. The van der Waals surface area contributed by atoms with Crippen LogP contribution in [0.4, 0.5) is 4.79 Å². The van der Waals surface area contributed by atoms with Gasteiger partial charge >= 0.3 is 6.03 Å². The number of aliphatic hydroxyl groups is 2. The first-order chi connectivity index (χ1) is 41.5. The van der Waals surface area contributed by atoms with Gasteiger partial charge in [-0.25, -0.2) is 4.79 Å². The molecule has 0 aromatic heterocycles. The predicted molar refractivity (Wildman–Crippen MR) is 348 cm³/mol. The highest BCUT2D eigenvalue weighted by Crippen LogP contribution is 2.25. The van der Waals surface area contributed by atoms with Crippen molar-refractivity contribution in [3.8, 4) is 0 Å². The summed E-state index contributed by atoms with van der Waals surface area (Å²) in [7, 11) is 11.2. The average Bonchev–Trinajstić information content (AvgIpc) is 1.01. The Morgan fingerprint density at radius 3 is 1.51 bits per heavy atom. The van der Waals surface area contributed by atoms with Gasteiger partial charge in [0.05, 0.1) is 6.10 Å². The van der Waals surface area contributed by atoms with Crippen LogP contribution < -0.4 is 27.0 Å². The van der Waals surface area contributed by atoms with Gasteiger partial charge in [-0.3, -0.25) is 52.8 Å². The van der Waals surface area contributed by atoms with Gasteiger partial charge in [0.1, 0.15) is 54.4 Å². The van der Waals surface area contributed by atoms with E-state index in [2.05, 4.69) is 21.3 Å². The average molecular weight is 1280 g/mol. The predicted octanol–water partition coefficient (Wildman–Crippen LogP) is 3.12. The van der Waals surface area contributed by atoms with Crippen LogP contribution in [0.15, 0.2) is 0 Å². The molecule has 0 aliphatic carbocycles. The molecular formula is C63H118N12O13S. The number of aliphatic hydroxyl groups excluding tert-OH is 2. The summed E-state index contributed by atoms with van der Waals surface area (Å²) in [4.78, 5) is 163. The molecule has 0 aromatic rings. The van der Waals surface area contributed by atoms with Crippen LogP contribution in [-0.4, -0.2) is 252 Å². The third-order valence-corrected chi connectivity index (χ3v) is 17.5. The molecule has 26 heteroatoms. The Balaban J connectivity index is 7.57. The minimum absolute atomic E-state index is 0.0139. The standard InChI is InChI=1S/C63H118N12O13S/c1-22-45(67-57(82)52(53(78)43(12)29-25-23-24-26-30-64)73(19)62(87)51(42(10)11)74(20)63(88)75(21)59(84)48(35-40(6)7)69(15)37-77)58(83)72(18)49(36-89-32-28-27-31-76)60(85)70(16)47(34-39(4)5)56(81)68-50(41(8)9)61(86)71(17)46(33-38(2)3)55(80)66-44(13)54(79)65-14/h37-53,76,78H,22-36,64H2,1-21H3,(H,65,79)(H,66,80)(H,67,82)(H,68,81)/t43-,44-,45+,46+,47+,48+,49-,50+,51+,52?,53-/m1/s1. The number of carbonyl (C=O) groups excluding carboxylic acids is 11. The zero-order valence-corrected chi connectivity index (χ0v) is 58.7. The Kier molecular flexibility index (Phi) is 39.1. The van der Waals surface area contributed by atoms with E-state index in [0.717, 1.165) is 34.0 Å². The van der Waals surface area contributed by atoms with Crippen LogP contribution in [0.3, 0.4) is 0 Å². The molecule has 1 unspecified atom stereocenters. The topological polar surface area (TPSA) is 325 Å². The van der Waals surface area contributed by atoms with Gasteiger partial charge in [-0.1, -0.05) is 102 Å². The second-order valence-electron chi connectivity index (χ2n) is 26.0. The molecular weight excluding hydrogens is 1160 g/mol. The second kappa shape index (κ2) is 41.7. The van der Waals surface area contributed by atoms with Crippen molar-refractivity contribution in [3.63, 3.8) is 0 Å². The third kappa shape index (κ3) is 26.3. The number of urea groups is 1. The summed E-state index contributed by atoms with van der Waals surface area (Å²) < 4.78 is 0. The van der Waals surface area contributed by atoms with Crippen LogP contribution in [0.25, 0.3) is 0 Å². The van der Waals surface area contributed by atoms with E-state index in [0.29, 0.717) is 44.4 Å². The molecule has 0 rings (SSSR count). The van der Waals surface area contributed by atoms with Crippen molar-refractivity contribution in [2.24, 2.45) is 41.2 Å². The van der Waals surface area contributed by atoms with E-state index in [-0.39, 0.29) is 55.8 Å². The minimum Gasteiger partial charge on any atom is -0.396 e. The molecule has 0 saturated carbocycles. The van der Waals surface area contributed by atoms with E-state index in [1.165, 1.54) is 94.7 Å². The van der Waals surface area contributed by atoms with Gasteiger partial charge in [0.25, 0.3) is 5.91 Å². The molecule has 0 spiro atoms. The quantitative estimate of drug-likeness (QED) is 0.0341. The number of nitrogens with two attached hydrogens (primary N) is 1. The Morgan fingerprint density at radius 2 is 1.03 bits per heavy atom. The minimum atomic E-state index is -1.63. The molecule has 12 amide bonds. The summed E-state index contributed by atoms with van der Waals surface area (Å²) in [6.07, 6.45) is 4.28. The molecule has 11 atom stereocenters. The first-order valence-electron chi connectivity index (χ1n) is 31.9. The summed E-state index contributed by atoms with van der Waals surface area (Å²) in [5.74, 6) is -7.21. The maximum absolute atomic E-state index is 15.2. The molecule has 0 heterocycles. The number of unbranched alkanes of at least 4 members (excludes halogenated alkanes) is 4. The van der Waals surface area contributed by atoms with Crippen molar-refractivity contribution in [2.75, 3.05) is 81.0 Å². The van der Waals surface area contributed by atoms with Crippen LogP contribution in [0.1, 0.15) is 161 Å². The molecule has 89 heavy (non-hydrogen) atoms. The third-order valence-electron chi connectivity index (χ3n) is 16.4. The molecule has 8 N–H and O–H groups in total. The van der Waals surface area contributed by atoms with Gasteiger partial charge in [0.15, 0.2) is 0 Å². The summed E-state index contributed by atoms with van der Waals surface area (Å²) >= 11 is 1.35. The molecule has 0 radical (unpaired) electrons. The lowest BCUT2D eigenvalue weighted by Crippen LogP contribution is -2.64. The maximum Gasteiger partial charge on any atom is 0.326 e. The number of hydrogen-bond donors (Lipinski definition) is 7. The van der Waals surface area contributed by atoms with E-state index in [1.54, 1.807) is 41.5 Å². The number of likely N-dealkylation sites (N-methyl/N-ethyl adjacent to an activating group) is 8. The van der Waals surface area contributed by atoms with Gasteiger partial charge < -0.3 is 66.6 Å². The van der Waals surface area contributed by atoms with Gasteiger partial charge in [-0.05, 0) is 106 Å². The van der Waals surface area contributed by atoms with Gasteiger partial charge in [0, 0.05) is 68.7 Å². The molecule has 0 aliphatic rings. The lowest BCUT2D eigenvalue weighted by atomic mass is 9.90. The molecule has 0 aliphatic heterocycles. The van der Waals surface area contributed by atoms with E-state index in [9.17, 15) is 48.6 Å². The van der Waals surface area contributed by atoms with Crippen LogP contribution >= 0.6 is 11.8 Å². The number of rotatable bonds is 42. The number of carbonyl (C=O) groups is 11. The lowest BCUT2D eigenvalue weighted by molar-refractivity contribution is -0.151. The second-order valence-corrected chi connectivity index (χ2v) is 27.1. The van der Waals surface area contributed by atoms with Gasteiger partial charge in [0.2, 0.25) is 53.7 Å².